The number of rotatable bonds is 3. The third-order valence-electron chi connectivity index (χ3n) is 2.66. The molecule has 2 aromatic rings. The van der Waals surface area contributed by atoms with Gasteiger partial charge in [0.05, 0.1) is 5.02 Å². The maximum atomic E-state index is 13.3. The normalized spacial score (nSPS) is 10.2. The zero-order valence-corrected chi connectivity index (χ0v) is 11.4. The van der Waals surface area contributed by atoms with Crippen molar-refractivity contribution in [2.45, 2.75) is 6.92 Å². The first-order chi connectivity index (χ1) is 9.49. The second kappa shape index (κ2) is 5.84. The summed E-state index contributed by atoms with van der Waals surface area (Å²) < 4.78 is 13.3. The molecule has 1 N–H and O–H groups in total. The molecule has 0 atom stereocenters. The van der Waals surface area contributed by atoms with Crippen LogP contribution in [0.1, 0.15) is 22.8 Å². The monoisotopic (exact) mass is 291 g/mol. The zero-order chi connectivity index (χ0) is 14.7. The molecular formula is C15H11ClFNO2. The standard InChI is InChI=1S/C15H11ClFNO2/c1-9(19)18-11-7-5-10(6-8-11)15(20)12-3-2-4-13(17)14(12)16/h2-8H,1H3,(H,18,19). The van der Waals surface area contributed by atoms with Crippen LogP contribution in [0.5, 0.6) is 0 Å². The molecule has 1 amide bonds. The van der Waals surface area contributed by atoms with Crippen LogP contribution >= 0.6 is 11.6 Å². The molecule has 0 unspecified atom stereocenters. The van der Waals surface area contributed by atoms with Crippen molar-refractivity contribution in [3.05, 3.63) is 64.4 Å². The van der Waals surface area contributed by atoms with Gasteiger partial charge in [-0.2, -0.15) is 0 Å². The predicted octanol–water partition coefficient (Wildman–Crippen LogP) is 3.67. The largest absolute Gasteiger partial charge is 0.326 e. The van der Waals surface area contributed by atoms with E-state index < -0.39 is 5.82 Å². The number of hydrogen-bond acceptors (Lipinski definition) is 2. The Labute approximate surface area is 120 Å². The Morgan fingerprint density at radius 3 is 2.35 bits per heavy atom. The Balaban J connectivity index is 2.29. The number of ketones is 1. The number of carbonyl (C=O) groups excluding carboxylic acids is 2. The van der Waals surface area contributed by atoms with Gasteiger partial charge in [-0.05, 0) is 36.4 Å². The Morgan fingerprint density at radius 2 is 1.75 bits per heavy atom. The topological polar surface area (TPSA) is 46.2 Å². The molecule has 102 valence electrons. The lowest BCUT2D eigenvalue weighted by Crippen LogP contribution is -2.07. The van der Waals surface area contributed by atoms with Gasteiger partial charge in [-0.1, -0.05) is 17.7 Å². The third kappa shape index (κ3) is 3.03. The molecule has 2 aromatic carbocycles. The summed E-state index contributed by atoms with van der Waals surface area (Å²) >= 11 is 5.79. The van der Waals surface area contributed by atoms with Crippen LogP contribution in [0.3, 0.4) is 0 Å². The number of anilines is 1. The number of benzene rings is 2. The minimum Gasteiger partial charge on any atom is -0.326 e. The second-order valence-corrected chi connectivity index (χ2v) is 4.57. The van der Waals surface area contributed by atoms with Crippen molar-refractivity contribution in [3.63, 3.8) is 0 Å². The highest BCUT2D eigenvalue weighted by Gasteiger charge is 2.15. The minimum absolute atomic E-state index is 0.110. The second-order valence-electron chi connectivity index (χ2n) is 4.19. The van der Waals surface area contributed by atoms with Crippen LogP contribution in [-0.2, 0) is 4.79 Å². The van der Waals surface area contributed by atoms with E-state index >= 15 is 0 Å². The summed E-state index contributed by atoms with van der Waals surface area (Å²) in [6, 6.07) is 10.4. The van der Waals surface area contributed by atoms with Crippen molar-refractivity contribution in [1.82, 2.24) is 0 Å². The van der Waals surface area contributed by atoms with E-state index in [1.807, 2.05) is 0 Å². The van der Waals surface area contributed by atoms with Gasteiger partial charge < -0.3 is 5.32 Å². The molecule has 5 heteroatoms. The Kier molecular flexibility index (Phi) is 4.15. The van der Waals surface area contributed by atoms with E-state index in [1.54, 1.807) is 24.3 Å². The quantitative estimate of drug-likeness (QED) is 0.877. The first-order valence-corrected chi connectivity index (χ1v) is 6.23. The number of nitrogens with one attached hydrogen (secondary N) is 1. The average molecular weight is 292 g/mol. The molecule has 0 heterocycles. The Morgan fingerprint density at radius 1 is 1.10 bits per heavy atom. The fourth-order valence-electron chi connectivity index (χ4n) is 1.74. The zero-order valence-electron chi connectivity index (χ0n) is 10.6. The molecule has 0 aliphatic carbocycles. The number of halogens is 2. The molecule has 2 rings (SSSR count). The van der Waals surface area contributed by atoms with Crippen molar-refractivity contribution >= 4 is 29.0 Å². The molecule has 0 bridgehead atoms. The number of carbonyl (C=O) groups is 2. The highest BCUT2D eigenvalue weighted by molar-refractivity contribution is 6.35. The van der Waals surface area contributed by atoms with Crippen LogP contribution in [0, 0.1) is 5.82 Å². The lowest BCUT2D eigenvalue weighted by Gasteiger charge is -2.06. The molecule has 0 saturated heterocycles. The van der Waals surface area contributed by atoms with Crippen LogP contribution in [0.4, 0.5) is 10.1 Å². The van der Waals surface area contributed by atoms with E-state index in [0.29, 0.717) is 11.3 Å². The van der Waals surface area contributed by atoms with E-state index in [9.17, 15) is 14.0 Å². The van der Waals surface area contributed by atoms with E-state index in [4.69, 9.17) is 11.6 Å². The van der Waals surface area contributed by atoms with Gasteiger partial charge in [0.1, 0.15) is 5.82 Å². The van der Waals surface area contributed by atoms with E-state index in [1.165, 1.54) is 25.1 Å². The van der Waals surface area contributed by atoms with Crippen LogP contribution in [-0.4, -0.2) is 11.7 Å². The van der Waals surface area contributed by atoms with Crippen molar-refractivity contribution in [1.29, 1.82) is 0 Å². The summed E-state index contributed by atoms with van der Waals surface area (Å²) in [5.74, 6) is -1.20. The van der Waals surface area contributed by atoms with Gasteiger partial charge in [-0.15, -0.1) is 0 Å². The van der Waals surface area contributed by atoms with Gasteiger partial charge in [0.15, 0.2) is 5.78 Å². The Hall–Kier alpha value is -2.20. The van der Waals surface area contributed by atoms with Crippen LogP contribution in [0.15, 0.2) is 42.5 Å². The van der Waals surface area contributed by atoms with E-state index in [0.717, 1.165) is 0 Å². The van der Waals surface area contributed by atoms with Crippen LogP contribution in [0.2, 0.25) is 5.02 Å². The fraction of sp³-hybridized carbons (Fsp3) is 0.0667. The summed E-state index contributed by atoms with van der Waals surface area (Å²) in [4.78, 5) is 23.1. The van der Waals surface area contributed by atoms with Crippen LogP contribution < -0.4 is 5.32 Å². The summed E-state index contributed by atoms with van der Waals surface area (Å²) in [5.41, 5.74) is 1.06. The molecule has 0 saturated carbocycles. The van der Waals surface area contributed by atoms with Gasteiger partial charge in [-0.3, -0.25) is 9.59 Å². The number of amides is 1. The fourth-order valence-corrected chi connectivity index (χ4v) is 1.95. The van der Waals surface area contributed by atoms with Crippen molar-refractivity contribution in [3.8, 4) is 0 Å². The summed E-state index contributed by atoms with van der Waals surface area (Å²) in [6.07, 6.45) is 0. The van der Waals surface area contributed by atoms with Gasteiger partial charge in [-0.25, -0.2) is 4.39 Å². The molecule has 0 radical (unpaired) electrons. The third-order valence-corrected chi connectivity index (χ3v) is 3.05. The average Bonchev–Trinajstić information content (AvgIpc) is 2.41. The van der Waals surface area contributed by atoms with Crippen molar-refractivity contribution < 1.29 is 14.0 Å². The highest BCUT2D eigenvalue weighted by atomic mass is 35.5. The molecule has 0 aliphatic rings. The smallest absolute Gasteiger partial charge is 0.221 e. The van der Waals surface area contributed by atoms with Gasteiger partial charge in [0.2, 0.25) is 5.91 Å². The molecule has 0 fully saturated rings. The highest BCUT2D eigenvalue weighted by Crippen LogP contribution is 2.23. The van der Waals surface area contributed by atoms with Crippen molar-refractivity contribution in [2.75, 3.05) is 5.32 Å². The maximum absolute atomic E-state index is 13.3. The predicted molar refractivity (Wildman–Crippen MR) is 75.6 cm³/mol. The SMILES string of the molecule is CC(=O)Nc1ccc(C(=O)c2cccc(F)c2Cl)cc1. The van der Waals surface area contributed by atoms with Crippen molar-refractivity contribution in [2.24, 2.45) is 0 Å². The lowest BCUT2D eigenvalue weighted by molar-refractivity contribution is -0.114. The Bertz CT molecular complexity index is 668. The first-order valence-electron chi connectivity index (χ1n) is 5.85. The van der Waals surface area contributed by atoms with Gasteiger partial charge in [0.25, 0.3) is 0 Å². The molecule has 20 heavy (non-hydrogen) atoms. The summed E-state index contributed by atoms with van der Waals surface area (Å²) in [5, 5.41) is 2.40. The van der Waals surface area contributed by atoms with Gasteiger partial charge >= 0.3 is 0 Å². The molecule has 0 aliphatic heterocycles. The minimum atomic E-state index is -0.632. The number of hydrogen-bond donors (Lipinski definition) is 1. The van der Waals surface area contributed by atoms with Gasteiger partial charge in [0, 0.05) is 23.7 Å². The lowest BCUT2D eigenvalue weighted by atomic mass is 10.0. The molecular weight excluding hydrogens is 281 g/mol. The maximum Gasteiger partial charge on any atom is 0.221 e. The summed E-state index contributed by atoms with van der Waals surface area (Å²) in [6.45, 7) is 1.39. The first kappa shape index (κ1) is 14.2. The van der Waals surface area contributed by atoms with E-state index in [-0.39, 0.29) is 22.3 Å². The molecule has 3 nitrogen and oxygen atoms in total. The van der Waals surface area contributed by atoms with E-state index in [2.05, 4.69) is 5.32 Å². The van der Waals surface area contributed by atoms with Crippen LogP contribution in [0.25, 0.3) is 0 Å². The molecule has 0 aromatic heterocycles. The molecule has 0 spiro atoms. The summed E-state index contributed by atoms with van der Waals surface area (Å²) in [7, 11) is 0.